The molecule has 0 unspecified atom stereocenters. The molecule has 0 spiro atoms. The predicted octanol–water partition coefficient (Wildman–Crippen LogP) is 1.46. The lowest BCUT2D eigenvalue weighted by atomic mass is 10.1. The summed E-state index contributed by atoms with van der Waals surface area (Å²) in [4.78, 5) is 0. The van der Waals surface area contributed by atoms with E-state index in [0.717, 1.165) is 5.56 Å². The summed E-state index contributed by atoms with van der Waals surface area (Å²) < 4.78 is 5.04. The Bertz CT molecular complexity index is 316. The fourth-order valence-electron chi connectivity index (χ4n) is 1.14. The molecule has 0 aromatic heterocycles. The normalized spacial score (nSPS) is 9.08. The van der Waals surface area contributed by atoms with Crippen molar-refractivity contribution in [3.05, 3.63) is 23.3 Å². The summed E-state index contributed by atoms with van der Waals surface area (Å²) in [6.45, 7) is 1.86. The fourth-order valence-corrected chi connectivity index (χ4v) is 1.14. The van der Waals surface area contributed by atoms with Gasteiger partial charge in [0.1, 0.15) is 5.75 Å². The highest BCUT2D eigenvalue weighted by Crippen LogP contribution is 2.26. The summed E-state index contributed by atoms with van der Waals surface area (Å²) in [6.07, 6.45) is 0. The Morgan fingerprint density at radius 1 is 1.50 bits per heavy atom. The SMILES string of the molecule is COc1c(C)cc(C#N)cc1N. The average molecular weight is 162 g/mol. The minimum absolute atomic E-state index is 0.508. The third-order valence-electron chi connectivity index (χ3n) is 1.64. The van der Waals surface area contributed by atoms with Crippen LogP contribution < -0.4 is 10.5 Å². The molecule has 0 aliphatic rings. The van der Waals surface area contributed by atoms with Crippen molar-refractivity contribution in [1.82, 2.24) is 0 Å². The topological polar surface area (TPSA) is 59.0 Å². The maximum Gasteiger partial charge on any atom is 0.144 e. The number of hydrogen-bond donors (Lipinski definition) is 1. The van der Waals surface area contributed by atoms with Gasteiger partial charge in [-0.3, -0.25) is 0 Å². The van der Waals surface area contributed by atoms with Crippen molar-refractivity contribution in [2.75, 3.05) is 12.8 Å². The molecule has 1 aromatic rings. The molecule has 0 amide bonds. The van der Waals surface area contributed by atoms with Crippen molar-refractivity contribution in [3.8, 4) is 11.8 Å². The van der Waals surface area contributed by atoms with Gasteiger partial charge >= 0.3 is 0 Å². The summed E-state index contributed by atoms with van der Waals surface area (Å²) >= 11 is 0. The molecule has 0 aliphatic carbocycles. The summed E-state index contributed by atoms with van der Waals surface area (Å²) in [6, 6.07) is 5.37. The molecule has 0 saturated carbocycles. The summed E-state index contributed by atoms with van der Waals surface area (Å²) in [7, 11) is 1.56. The summed E-state index contributed by atoms with van der Waals surface area (Å²) in [5, 5.41) is 8.60. The van der Waals surface area contributed by atoms with E-state index in [-0.39, 0.29) is 0 Å². The molecule has 0 bridgehead atoms. The molecule has 0 heterocycles. The van der Waals surface area contributed by atoms with Crippen molar-refractivity contribution in [3.63, 3.8) is 0 Å². The quantitative estimate of drug-likeness (QED) is 0.636. The van der Waals surface area contributed by atoms with Crippen LogP contribution >= 0.6 is 0 Å². The fraction of sp³-hybridized carbons (Fsp3) is 0.222. The lowest BCUT2D eigenvalue weighted by molar-refractivity contribution is 0.414. The first-order chi connectivity index (χ1) is 5.69. The molecular weight excluding hydrogens is 152 g/mol. The van der Waals surface area contributed by atoms with Crippen molar-refractivity contribution in [1.29, 1.82) is 5.26 Å². The number of aryl methyl sites for hydroxylation is 1. The molecule has 0 radical (unpaired) electrons. The van der Waals surface area contributed by atoms with Gasteiger partial charge in [0.15, 0.2) is 0 Å². The Balaban J connectivity index is 3.30. The molecule has 62 valence electrons. The zero-order valence-corrected chi connectivity index (χ0v) is 7.09. The molecule has 1 aromatic carbocycles. The molecule has 0 atom stereocenters. The van der Waals surface area contributed by atoms with Crippen LogP contribution in [0.2, 0.25) is 0 Å². The lowest BCUT2D eigenvalue weighted by Gasteiger charge is -2.07. The van der Waals surface area contributed by atoms with Gasteiger partial charge < -0.3 is 10.5 Å². The van der Waals surface area contributed by atoms with Crippen molar-refractivity contribution in [2.45, 2.75) is 6.92 Å². The van der Waals surface area contributed by atoms with E-state index in [1.54, 1.807) is 19.2 Å². The van der Waals surface area contributed by atoms with E-state index >= 15 is 0 Å². The third-order valence-corrected chi connectivity index (χ3v) is 1.64. The van der Waals surface area contributed by atoms with E-state index in [9.17, 15) is 0 Å². The van der Waals surface area contributed by atoms with Gasteiger partial charge in [-0.2, -0.15) is 5.26 Å². The van der Waals surface area contributed by atoms with Gasteiger partial charge in [-0.15, -0.1) is 0 Å². The Kier molecular flexibility index (Phi) is 2.20. The monoisotopic (exact) mass is 162 g/mol. The molecule has 0 aliphatic heterocycles. The summed E-state index contributed by atoms with van der Waals surface area (Å²) in [5.41, 5.74) is 7.58. The smallest absolute Gasteiger partial charge is 0.144 e. The minimum Gasteiger partial charge on any atom is -0.494 e. The molecule has 1 rings (SSSR count). The first-order valence-electron chi connectivity index (χ1n) is 3.53. The number of benzene rings is 1. The van der Waals surface area contributed by atoms with Crippen LogP contribution in [-0.2, 0) is 0 Å². The van der Waals surface area contributed by atoms with Gasteiger partial charge in [0.25, 0.3) is 0 Å². The second-order valence-corrected chi connectivity index (χ2v) is 2.53. The number of ether oxygens (including phenoxy) is 1. The number of nitrogen functional groups attached to an aromatic ring is 1. The number of methoxy groups -OCH3 is 1. The standard InChI is InChI=1S/C9H10N2O/c1-6-3-7(5-10)4-8(11)9(6)12-2/h3-4H,11H2,1-2H3. The van der Waals surface area contributed by atoms with Crippen LogP contribution in [0, 0.1) is 18.3 Å². The molecule has 12 heavy (non-hydrogen) atoms. The van der Waals surface area contributed by atoms with E-state index in [4.69, 9.17) is 15.7 Å². The molecule has 0 saturated heterocycles. The van der Waals surface area contributed by atoms with Gasteiger partial charge in [-0.25, -0.2) is 0 Å². The van der Waals surface area contributed by atoms with E-state index in [2.05, 4.69) is 0 Å². The Morgan fingerprint density at radius 3 is 2.58 bits per heavy atom. The van der Waals surface area contributed by atoms with Gasteiger partial charge in [0.2, 0.25) is 0 Å². The van der Waals surface area contributed by atoms with Crippen LogP contribution in [0.4, 0.5) is 5.69 Å². The highest BCUT2D eigenvalue weighted by Gasteiger charge is 2.04. The van der Waals surface area contributed by atoms with Crippen molar-refractivity contribution < 1.29 is 4.74 Å². The maximum atomic E-state index is 8.60. The third kappa shape index (κ3) is 1.32. The number of nitriles is 1. The van der Waals surface area contributed by atoms with Crippen LogP contribution in [0.1, 0.15) is 11.1 Å². The number of nitrogens with zero attached hydrogens (tertiary/aromatic N) is 1. The first kappa shape index (κ1) is 8.41. The van der Waals surface area contributed by atoms with Crippen LogP contribution in [0.5, 0.6) is 5.75 Å². The lowest BCUT2D eigenvalue weighted by Crippen LogP contribution is -1.95. The Hall–Kier alpha value is -1.69. The van der Waals surface area contributed by atoms with Crippen molar-refractivity contribution >= 4 is 5.69 Å². The predicted molar refractivity (Wildman–Crippen MR) is 46.9 cm³/mol. The zero-order chi connectivity index (χ0) is 9.14. The zero-order valence-electron chi connectivity index (χ0n) is 7.09. The molecule has 3 heteroatoms. The second-order valence-electron chi connectivity index (χ2n) is 2.53. The van der Waals surface area contributed by atoms with Crippen LogP contribution in [0.25, 0.3) is 0 Å². The number of anilines is 1. The highest BCUT2D eigenvalue weighted by molar-refractivity contribution is 5.60. The van der Waals surface area contributed by atoms with Gasteiger partial charge in [0, 0.05) is 0 Å². The molecular formula is C9H10N2O. The number of rotatable bonds is 1. The molecule has 2 N–H and O–H groups in total. The van der Waals surface area contributed by atoms with E-state index < -0.39 is 0 Å². The van der Waals surface area contributed by atoms with Crippen LogP contribution in [0.15, 0.2) is 12.1 Å². The molecule has 0 fully saturated rings. The van der Waals surface area contributed by atoms with E-state index in [0.29, 0.717) is 17.0 Å². The maximum absolute atomic E-state index is 8.60. The van der Waals surface area contributed by atoms with E-state index in [1.165, 1.54) is 0 Å². The van der Waals surface area contributed by atoms with Crippen LogP contribution in [0.3, 0.4) is 0 Å². The Labute approximate surface area is 71.4 Å². The number of hydrogen-bond acceptors (Lipinski definition) is 3. The highest BCUT2D eigenvalue weighted by atomic mass is 16.5. The number of nitrogens with two attached hydrogens (primary N) is 1. The molecule has 3 nitrogen and oxygen atoms in total. The summed E-state index contributed by atoms with van der Waals surface area (Å²) in [5.74, 6) is 0.647. The minimum atomic E-state index is 0.508. The average Bonchev–Trinajstić information content (AvgIpc) is 2.03. The largest absolute Gasteiger partial charge is 0.494 e. The van der Waals surface area contributed by atoms with E-state index in [1.807, 2.05) is 13.0 Å². The Morgan fingerprint density at radius 2 is 2.17 bits per heavy atom. The first-order valence-corrected chi connectivity index (χ1v) is 3.53. The van der Waals surface area contributed by atoms with Gasteiger partial charge in [0.05, 0.1) is 24.4 Å². The van der Waals surface area contributed by atoms with Crippen LogP contribution in [-0.4, -0.2) is 7.11 Å². The van der Waals surface area contributed by atoms with Gasteiger partial charge in [-0.05, 0) is 24.6 Å². The van der Waals surface area contributed by atoms with Gasteiger partial charge in [-0.1, -0.05) is 0 Å². The van der Waals surface area contributed by atoms with Crippen molar-refractivity contribution in [2.24, 2.45) is 0 Å². The second kappa shape index (κ2) is 3.14.